The molecule has 0 saturated heterocycles. The normalized spacial score (nSPS) is 11.8. The highest BCUT2D eigenvalue weighted by Crippen LogP contribution is 2.16. The molecule has 24 heavy (non-hydrogen) atoms. The van der Waals surface area contributed by atoms with Gasteiger partial charge in [0.2, 0.25) is 0 Å². The SMILES string of the molecule is CCc1nn(C)c(CC)c1CNC(=NC)NCc1nc(C)c(C)s1. The van der Waals surface area contributed by atoms with Crippen molar-refractivity contribution in [3.8, 4) is 0 Å². The molecule has 0 spiro atoms. The molecular weight excluding hydrogens is 320 g/mol. The zero-order valence-corrected chi connectivity index (χ0v) is 16.3. The zero-order valence-electron chi connectivity index (χ0n) is 15.5. The van der Waals surface area contributed by atoms with Crippen LogP contribution < -0.4 is 10.6 Å². The number of hydrogen-bond acceptors (Lipinski definition) is 4. The Morgan fingerprint density at radius 3 is 2.42 bits per heavy atom. The van der Waals surface area contributed by atoms with E-state index in [1.807, 2.05) is 18.7 Å². The van der Waals surface area contributed by atoms with Crippen molar-refractivity contribution in [3.63, 3.8) is 0 Å². The van der Waals surface area contributed by atoms with Crippen molar-refractivity contribution in [2.75, 3.05) is 7.05 Å². The van der Waals surface area contributed by atoms with Crippen molar-refractivity contribution in [1.29, 1.82) is 0 Å². The molecule has 2 aromatic heterocycles. The molecule has 0 fully saturated rings. The Morgan fingerprint density at radius 2 is 1.88 bits per heavy atom. The van der Waals surface area contributed by atoms with Crippen LogP contribution in [-0.2, 0) is 33.0 Å². The van der Waals surface area contributed by atoms with Gasteiger partial charge in [-0.15, -0.1) is 11.3 Å². The monoisotopic (exact) mass is 348 g/mol. The van der Waals surface area contributed by atoms with E-state index in [0.29, 0.717) is 6.54 Å². The summed E-state index contributed by atoms with van der Waals surface area (Å²) in [6.45, 7) is 9.88. The molecule has 132 valence electrons. The van der Waals surface area contributed by atoms with E-state index in [-0.39, 0.29) is 0 Å². The van der Waals surface area contributed by atoms with Crippen molar-refractivity contribution in [2.45, 2.75) is 53.6 Å². The van der Waals surface area contributed by atoms with Crippen molar-refractivity contribution in [3.05, 3.63) is 32.5 Å². The summed E-state index contributed by atoms with van der Waals surface area (Å²) in [5.74, 6) is 0.786. The summed E-state index contributed by atoms with van der Waals surface area (Å²) in [6.07, 6.45) is 1.92. The van der Waals surface area contributed by atoms with E-state index in [4.69, 9.17) is 0 Å². The highest BCUT2D eigenvalue weighted by molar-refractivity contribution is 7.11. The quantitative estimate of drug-likeness (QED) is 0.622. The van der Waals surface area contributed by atoms with E-state index in [1.54, 1.807) is 18.4 Å². The first-order chi connectivity index (χ1) is 11.5. The summed E-state index contributed by atoms with van der Waals surface area (Å²) in [5, 5.41) is 12.4. The van der Waals surface area contributed by atoms with E-state index < -0.39 is 0 Å². The lowest BCUT2D eigenvalue weighted by molar-refractivity contribution is 0.702. The standard InChI is InChI=1S/C17H28N6S/c1-7-14-13(15(8-2)23(6)22-14)9-19-17(18-5)20-10-16-21-11(3)12(4)24-16/h7-10H2,1-6H3,(H2,18,19,20). The fourth-order valence-electron chi connectivity index (χ4n) is 2.76. The minimum Gasteiger partial charge on any atom is -0.352 e. The molecule has 0 radical (unpaired) electrons. The third kappa shape index (κ3) is 4.14. The number of aryl methyl sites for hydroxylation is 4. The average molecular weight is 349 g/mol. The molecule has 7 heteroatoms. The van der Waals surface area contributed by atoms with E-state index in [0.717, 1.165) is 41.7 Å². The Morgan fingerprint density at radius 1 is 1.17 bits per heavy atom. The maximum Gasteiger partial charge on any atom is 0.191 e. The summed E-state index contributed by atoms with van der Waals surface area (Å²) >= 11 is 1.73. The van der Waals surface area contributed by atoms with Gasteiger partial charge in [0.1, 0.15) is 5.01 Å². The van der Waals surface area contributed by atoms with Crippen LogP contribution in [0.2, 0.25) is 0 Å². The van der Waals surface area contributed by atoms with Gasteiger partial charge >= 0.3 is 0 Å². The van der Waals surface area contributed by atoms with Gasteiger partial charge in [0.05, 0.1) is 17.9 Å². The second kappa shape index (κ2) is 8.28. The number of hydrogen-bond donors (Lipinski definition) is 2. The van der Waals surface area contributed by atoms with Crippen LogP contribution in [0.1, 0.15) is 46.4 Å². The third-order valence-corrected chi connectivity index (χ3v) is 5.24. The largest absolute Gasteiger partial charge is 0.352 e. The Hall–Kier alpha value is -1.89. The van der Waals surface area contributed by atoms with E-state index >= 15 is 0 Å². The van der Waals surface area contributed by atoms with Crippen molar-refractivity contribution >= 4 is 17.3 Å². The van der Waals surface area contributed by atoms with Gasteiger partial charge in [-0.1, -0.05) is 13.8 Å². The second-order valence-electron chi connectivity index (χ2n) is 5.73. The molecule has 2 N–H and O–H groups in total. The predicted molar refractivity (Wildman–Crippen MR) is 101 cm³/mol. The van der Waals surface area contributed by atoms with Crippen molar-refractivity contribution < 1.29 is 0 Å². The molecule has 0 amide bonds. The number of guanidine groups is 1. The van der Waals surface area contributed by atoms with Gasteiger partial charge in [-0.2, -0.15) is 5.10 Å². The highest BCUT2D eigenvalue weighted by Gasteiger charge is 2.14. The van der Waals surface area contributed by atoms with Crippen LogP contribution in [0.15, 0.2) is 4.99 Å². The fourth-order valence-corrected chi connectivity index (χ4v) is 3.63. The number of thiazole rings is 1. The molecule has 0 unspecified atom stereocenters. The molecular formula is C17H28N6S. The summed E-state index contributed by atoms with van der Waals surface area (Å²) in [6, 6.07) is 0. The first-order valence-electron chi connectivity index (χ1n) is 8.41. The Kier molecular flexibility index (Phi) is 6.36. The van der Waals surface area contributed by atoms with Crippen LogP contribution >= 0.6 is 11.3 Å². The lowest BCUT2D eigenvalue weighted by Gasteiger charge is -2.12. The molecule has 0 aliphatic heterocycles. The topological polar surface area (TPSA) is 67.1 Å². The van der Waals surface area contributed by atoms with Gasteiger partial charge < -0.3 is 10.6 Å². The fraction of sp³-hybridized carbons (Fsp3) is 0.588. The molecule has 0 aromatic carbocycles. The Balaban J connectivity index is 1.99. The molecule has 2 heterocycles. The maximum absolute atomic E-state index is 4.62. The number of rotatable bonds is 6. The Labute approximate surface area is 148 Å². The molecule has 2 aromatic rings. The number of aromatic nitrogens is 3. The van der Waals surface area contributed by atoms with Gasteiger partial charge in [-0.3, -0.25) is 9.67 Å². The van der Waals surface area contributed by atoms with Gasteiger partial charge in [0, 0.05) is 36.8 Å². The van der Waals surface area contributed by atoms with Gasteiger partial charge in [-0.25, -0.2) is 4.98 Å². The number of nitrogens with one attached hydrogen (secondary N) is 2. The molecule has 0 bridgehead atoms. The molecule has 6 nitrogen and oxygen atoms in total. The van der Waals surface area contributed by atoms with E-state index in [2.05, 4.69) is 46.5 Å². The van der Waals surface area contributed by atoms with E-state index in [9.17, 15) is 0 Å². The van der Waals surface area contributed by atoms with Crippen molar-refractivity contribution in [2.24, 2.45) is 12.0 Å². The van der Waals surface area contributed by atoms with Crippen LogP contribution in [-0.4, -0.2) is 27.8 Å². The van der Waals surface area contributed by atoms with Crippen LogP contribution in [0.5, 0.6) is 0 Å². The minimum absolute atomic E-state index is 0.688. The zero-order chi connectivity index (χ0) is 17.7. The summed E-state index contributed by atoms with van der Waals surface area (Å²) in [5.41, 5.74) is 4.83. The molecule has 0 aliphatic rings. The smallest absolute Gasteiger partial charge is 0.191 e. The van der Waals surface area contributed by atoms with Crippen molar-refractivity contribution in [1.82, 2.24) is 25.4 Å². The lowest BCUT2D eigenvalue weighted by atomic mass is 10.1. The molecule has 0 atom stereocenters. The van der Waals surface area contributed by atoms with Gasteiger partial charge in [0.25, 0.3) is 0 Å². The summed E-state index contributed by atoms with van der Waals surface area (Å²) in [4.78, 5) is 10.1. The Bertz CT molecular complexity index is 693. The molecule has 0 aliphatic carbocycles. The van der Waals surface area contributed by atoms with Crippen LogP contribution in [0.25, 0.3) is 0 Å². The number of nitrogens with zero attached hydrogens (tertiary/aromatic N) is 4. The molecule has 0 saturated carbocycles. The predicted octanol–water partition coefficient (Wildman–Crippen LogP) is 2.48. The van der Waals surface area contributed by atoms with Gasteiger partial charge in [-0.05, 0) is 26.7 Å². The van der Waals surface area contributed by atoms with E-state index in [1.165, 1.54) is 16.1 Å². The maximum atomic E-state index is 4.62. The average Bonchev–Trinajstić information content (AvgIpc) is 3.06. The van der Waals surface area contributed by atoms with Crippen LogP contribution in [0, 0.1) is 13.8 Å². The number of aliphatic imine (C=N–C) groups is 1. The molecule has 2 rings (SSSR count). The summed E-state index contributed by atoms with van der Waals surface area (Å²) in [7, 11) is 3.81. The van der Waals surface area contributed by atoms with Gasteiger partial charge in [0.15, 0.2) is 5.96 Å². The first kappa shape index (κ1) is 18.4. The van der Waals surface area contributed by atoms with Crippen LogP contribution in [0.3, 0.4) is 0 Å². The van der Waals surface area contributed by atoms with Crippen LogP contribution in [0.4, 0.5) is 0 Å². The first-order valence-corrected chi connectivity index (χ1v) is 9.22. The third-order valence-electron chi connectivity index (χ3n) is 4.16. The highest BCUT2D eigenvalue weighted by atomic mass is 32.1. The minimum atomic E-state index is 0.688. The second-order valence-corrected chi connectivity index (χ2v) is 7.02. The lowest BCUT2D eigenvalue weighted by Crippen LogP contribution is -2.36. The summed E-state index contributed by atoms with van der Waals surface area (Å²) < 4.78 is 1.99.